The summed E-state index contributed by atoms with van der Waals surface area (Å²) in [5, 5.41) is 0.854. The second-order valence-corrected chi connectivity index (χ2v) is 8.92. The fourth-order valence-corrected chi connectivity index (χ4v) is 5.00. The van der Waals surface area contributed by atoms with Gasteiger partial charge in [0.25, 0.3) is 5.91 Å². The van der Waals surface area contributed by atoms with Gasteiger partial charge in [-0.25, -0.2) is 4.79 Å². The number of rotatable bonds is 6. The van der Waals surface area contributed by atoms with E-state index in [0.29, 0.717) is 42.4 Å². The van der Waals surface area contributed by atoms with Crippen molar-refractivity contribution in [2.24, 2.45) is 0 Å². The zero-order valence-electron chi connectivity index (χ0n) is 20.2. The molecule has 0 N–H and O–H groups in total. The van der Waals surface area contributed by atoms with Crippen LogP contribution in [-0.2, 0) is 16.0 Å². The molecule has 184 valence electrons. The molecule has 35 heavy (non-hydrogen) atoms. The van der Waals surface area contributed by atoms with Gasteiger partial charge in [-0.05, 0) is 67.1 Å². The molecular weight excluding hydrogens is 450 g/mol. The Morgan fingerprint density at radius 1 is 1.11 bits per heavy atom. The second-order valence-electron chi connectivity index (χ2n) is 8.92. The molecule has 2 unspecified atom stereocenters. The molecular formula is C27H29NO7. The van der Waals surface area contributed by atoms with Gasteiger partial charge in [0.1, 0.15) is 24.0 Å². The van der Waals surface area contributed by atoms with Gasteiger partial charge in [-0.3, -0.25) is 4.79 Å². The maximum atomic E-state index is 13.4. The van der Waals surface area contributed by atoms with E-state index < -0.39 is 11.7 Å². The molecule has 1 fully saturated rings. The van der Waals surface area contributed by atoms with E-state index in [1.54, 1.807) is 20.3 Å². The van der Waals surface area contributed by atoms with E-state index in [1.807, 2.05) is 36.1 Å². The lowest BCUT2D eigenvalue weighted by atomic mass is 9.91. The summed E-state index contributed by atoms with van der Waals surface area (Å²) in [4.78, 5) is 27.1. The van der Waals surface area contributed by atoms with Crippen molar-refractivity contribution in [3.05, 3.63) is 63.5 Å². The molecule has 3 heterocycles. The van der Waals surface area contributed by atoms with Crippen LogP contribution in [0, 0.1) is 6.92 Å². The van der Waals surface area contributed by atoms with Crippen molar-refractivity contribution < 1.29 is 28.2 Å². The maximum Gasteiger partial charge on any atom is 0.336 e. The molecule has 1 amide bonds. The zero-order chi connectivity index (χ0) is 24.5. The fourth-order valence-electron chi connectivity index (χ4n) is 5.00. The summed E-state index contributed by atoms with van der Waals surface area (Å²) in [5.41, 5.74) is 2.97. The number of hydrogen-bond acceptors (Lipinski definition) is 7. The number of amides is 1. The third-order valence-electron chi connectivity index (χ3n) is 6.82. The predicted molar refractivity (Wildman–Crippen MR) is 129 cm³/mol. The van der Waals surface area contributed by atoms with Crippen LogP contribution in [0.4, 0.5) is 0 Å². The molecule has 2 atom stereocenters. The number of aryl methyl sites for hydroxylation is 1. The first-order chi connectivity index (χ1) is 17.0. The molecule has 0 bridgehead atoms. The Balaban J connectivity index is 1.48. The van der Waals surface area contributed by atoms with Gasteiger partial charge in [0.05, 0.1) is 20.3 Å². The van der Waals surface area contributed by atoms with Crippen LogP contribution >= 0.6 is 0 Å². The molecule has 0 spiro atoms. The highest BCUT2D eigenvalue weighted by atomic mass is 16.5. The quantitative estimate of drug-likeness (QED) is 0.497. The molecule has 1 aromatic heterocycles. The van der Waals surface area contributed by atoms with E-state index in [2.05, 4.69) is 0 Å². The maximum absolute atomic E-state index is 13.4. The Bertz CT molecular complexity index is 1310. The van der Waals surface area contributed by atoms with Crippen LogP contribution in [0.25, 0.3) is 11.0 Å². The van der Waals surface area contributed by atoms with Gasteiger partial charge in [0.15, 0.2) is 11.5 Å². The smallest absolute Gasteiger partial charge is 0.336 e. The van der Waals surface area contributed by atoms with E-state index in [0.717, 1.165) is 34.9 Å². The zero-order valence-corrected chi connectivity index (χ0v) is 20.2. The summed E-state index contributed by atoms with van der Waals surface area (Å²) in [6.07, 6.45) is 1.89. The topological polar surface area (TPSA) is 87.4 Å². The molecule has 8 nitrogen and oxygen atoms in total. The van der Waals surface area contributed by atoms with E-state index >= 15 is 0 Å². The molecule has 2 aliphatic heterocycles. The minimum atomic E-state index is -0.419. The molecule has 8 heteroatoms. The summed E-state index contributed by atoms with van der Waals surface area (Å²) < 4.78 is 28.3. The minimum absolute atomic E-state index is 0.0170. The SMILES string of the molecule is COc1cc2c(cc1OC)C(COc1ccc3c(C)cc(=O)oc3c1)N(C(=O)C1CCCO1)CC2. The standard InChI is InChI=1S/C27H29NO7/c1-16-11-26(29)35-23-13-18(6-7-19(16)23)34-15-21-20-14-25(32-3)24(31-2)12-17(20)8-9-28(21)27(30)22-5-4-10-33-22/h6-7,11-14,21-22H,4-5,8-10,15H2,1-3H3. The van der Waals surface area contributed by atoms with Crippen LogP contribution in [0.5, 0.6) is 17.2 Å². The van der Waals surface area contributed by atoms with Crippen LogP contribution in [0.1, 0.15) is 35.6 Å². The Kier molecular flexibility index (Phi) is 6.38. The lowest BCUT2D eigenvalue weighted by molar-refractivity contribution is -0.144. The van der Waals surface area contributed by atoms with Crippen molar-refractivity contribution in [1.82, 2.24) is 4.90 Å². The third-order valence-corrected chi connectivity index (χ3v) is 6.82. The summed E-state index contributed by atoms with van der Waals surface area (Å²) in [5.74, 6) is 1.80. The molecule has 2 aromatic carbocycles. The van der Waals surface area contributed by atoms with E-state index in [4.69, 9.17) is 23.4 Å². The Morgan fingerprint density at radius 3 is 2.66 bits per heavy atom. The first-order valence-corrected chi connectivity index (χ1v) is 11.8. The molecule has 0 radical (unpaired) electrons. The van der Waals surface area contributed by atoms with Crippen molar-refractivity contribution in [3.8, 4) is 17.2 Å². The van der Waals surface area contributed by atoms with Crippen molar-refractivity contribution in [3.63, 3.8) is 0 Å². The highest BCUT2D eigenvalue weighted by Crippen LogP contribution is 2.39. The molecule has 1 saturated heterocycles. The Hall–Kier alpha value is -3.52. The second kappa shape index (κ2) is 9.62. The van der Waals surface area contributed by atoms with Crippen LogP contribution < -0.4 is 19.8 Å². The lowest BCUT2D eigenvalue weighted by Crippen LogP contribution is -2.46. The number of methoxy groups -OCH3 is 2. The number of fused-ring (bicyclic) bond motifs is 2. The van der Waals surface area contributed by atoms with Gasteiger partial charge in [0.2, 0.25) is 0 Å². The number of carbonyl (C=O) groups excluding carboxylic acids is 1. The highest BCUT2D eigenvalue weighted by Gasteiger charge is 2.37. The molecule has 5 rings (SSSR count). The van der Waals surface area contributed by atoms with E-state index in [9.17, 15) is 9.59 Å². The van der Waals surface area contributed by atoms with Crippen LogP contribution in [0.3, 0.4) is 0 Å². The molecule has 0 aliphatic carbocycles. The van der Waals surface area contributed by atoms with Gasteiger partial charge in [-0.1, -0.05) is 0 Å². The summed E-state index contributed by atoms with van der Waals surface area (Å²) in [6, 6.07) is 10.5. The minimum Gasteiger partial charge on any atom is -0.493 e. The Labute approximate surface area is 203 Å². The highest BCUT2D eigenvalue weighted by molar-refractivity contribution is 5.82. The number of carbonyl (C=O) groups is 1. The number of ether oxygens (including phenoxy) is 4. The monoisotopic (exact) mass is 479 g/mol. The summed E-state index contributed by atoms with van der Waals surface area (Å²) >= 11 is 0. The normalized spacial score (nSPS) is 19.5. The average molecular weight is 480 g/mol. The first-order valence-electron chi connectivity index (χ1n) is 11.8. The molecule has 3 aromatic rings. The van der Waals surface area contributed by atoms with Crippen LogP contribution in [0.15, 0.2) is 45.6 Å². The lowest BCUT2D eigenvalue weighted by Gasteiger charge is -2.38. The van der Waals surface area contributed by atoms with Gasteiger partial charge < -0.3 is 28.3 Å². The number of nitrogens with zero attached hydrogens (tertiary/aromatic N) is 1. The fraction of sp³-hybridized carbons (Fsp3) is 0.407. The van der Waals surface area contributed by atoms with Crippen molar-refractivity contribution >= 4 is 16.9 Å². The van der Waals surface area contributed by atoms with E-state index in [-0.39, 0.29) is 18.6 Å². The number of hydrogen-bond donors (Lipinski definition) is 0. The van der Waals surface area contributed by atoms with Crippen molar-refractivity contribution in [1.29, 1.82) is 0 Å². The van der Waals surface area contributed by atoms with Gasteiger partial charge >= 0.3 is 5.63 Å². The van der Waals surface area contributed by atoms with Crippen LogP contribution in [0.2, 0.25) is 0 Å². The molecule has 0 saturated carbocycles. The van der Waals surface area contributed by atoms with Crippen molar-refractivity contribution in [2.75, 3.05) is 34.0 Å². The van der Waals surface area contributed by atoms with Gasteiger partial charge in [0, 0.05) is 30.7 Å². The number of benzene rings is 2. The average Bonchev–Trinajstić information content (AvgIpc) is 3.40. The summed E-state index contributed by atoms with van der Waals surface area (Å²) in [6.45, 7) is 3.26. The van der Waals surface area contributed by atoms with Crippen LogP contribution in [-0.4, -0.2) is 50.9 Å². The summed E-state index contributed by atoms with van der Waals surface area (Å²) in [7, 11) is 3.21. The largest absolute Gasteiger partial charge is 0.493 e. The third kappa shape index (κ3) is 4.46. The van der Waals surface area contributed by atoms with E-state index in [1.165, 1.54) is 6.07 Å². The van der Waals surface area contributed by atoms with Crippen molar-refractivity contribution in [2.45, 2.75) is 38.3 Å². The first kappa shape index (κ1) is 23.2. The predicted octanol–water partition coefficient (Wildman–Crippen LogP) is 3.80. The van der Waals surface area contributed by atoms with Gasteiger partial charge in [-0.15, -0.1) is 0 Å². The molecule has 2 aliphatic rings. The van der Waals surface area contributed by atoms with Gasteiger partial charge in [-0.2, -0.15) is 0 Å². The Morgan fingerprint density at radius 2 is 1.91 bits per heavy atom.